The molecule has 0 saturated heterocycles. The Morgan fingerprint density at radius 1 is 1.36 bits per heavy atom. The third-order valence-corrected chi connectivity index (χ3v) is 2.56. The maximum atomic E-state index is 3.84. The molecular formula is C13H15N. The van der Waals surface area contributed by atoms with E-state index in [9.17, 15) is 0 Å². The minimum Gasteiger partial charge on any atom is -0.286 e. The lowest BCUT2D eigenvalue weighted by Crippen LogP contribution is -2.27. The van der Waals surface area contributed by atoms with Gasteiger partial charge >= 0.3 is 0 Å². The minimum atomic E-state index is 0.412. The second-order valence-corrected chi connectivity index (χ2v) is 3.57. The standard InChI is InChI=1S/C13H15N/c1-2-13-9-6-10-14(13)11-12-7-4-3-5-8-12/h2-9,13H,1,10-11H2. The van der Waals surface area contributed by atoms with Crippen LogP contribution in [-0.2, 0) is 6.54 Å². The predicted molar refractivity (Wildman–Crippen MR) is 60.0 cm³/mol. The van der Waals surface area contributed by atoms with Gasteiger partial charge in [-0.1, -0.05) is 48.6 Å². The largest absolute Gasteiger partial charge is 0.286 e. The third kappa shape index (κ3) is 1.94. The SMILES string of the molecule is C=CC1C=CCN1Cc1ccccc1. The van der Waals surface area contributed by atoms with E-state index in [-0.39, 0.29) is 0 Å². The fourth-order valence-corrected chi connectivity index (χ4v) is 1.79. The monoisotopic (exact) mass is 185 g/mol. The average Bonchev–Trinajstić information content (AvgIpc) is 2.67. The minimum absolute atomic E-state index is 0.412. The molecular weight excluding hydrogens is 170 g/mol. The van der Waals surface area contributed by atoms with Gasteiger partial charge in [-0.25, -0.2) is 0 Å². The van der Waals surface area contributed by atoms with Gasteiger partial charge in [0, 0.05) is 19.1 Å². The quantitative estimate of drug-likeness (QED) is 0.654. The first kappa shape index (κ1) is 9.22. The molecule has 1 aliphatic rings. The maximum Gasteiger partial charge on any atom is 0.0466 e. The van der Waals surface area contributed by atoms with Crippen molar-refractivity contribution in [3.8, 4) is 0 Å². The topological polar surface area (TPSA) is 3.24 Å². The Balaban J connectivity index is 2.02. The highest BCUT2D eigenvalue weighted by atomic mass is 15.2. The molecule has 1 heterocycles. The lowest BCUT2D eigenvalue weighted by Gasteiger charge is -2.21. The fourth-order valence-electron chi connectivity index (χ4n) is 1.79. The summed E-state index contributed by atoms with van der Waals surface area (Å²) in [5.74, 6) is 0. The molecule has 1 aromatic carbocycles. The van der Waals surface area contributed by atoms with E-state index in [1.807, 2.05) is 6.08 Å². The summed E-state index contributed by atoms with van der Waals surface area (Å²) in [6.07, 6.45) is 6.40. The lowest BCUT2D eigenvalue weighted by atomic mass is 10.2. The van der Waals surface area contributed by atoms with Crippen LogP contribution in [0.5, 0.6) is 0 Å². The molecule has 0 aliphatic carbocycles. The summed E-state index contributed by atoms with van der Waals surface area (Å²) < 4.78 is 0. The van der Waals surface area contributed by atoms with Gasteiger partial charge in [0.05, 0.1) is 0 Å². The number of rotatable bonds is 3. The molecule has 1 nitrogen and oxygen atoms in total. The van der Waals surface area contributed by atoms with Crippen molar-refractivity contribution in [1.29, 1.82) is 0 Å². The molecule has 1 atom stereocenters. The van der Waals surface area contributed by atoms with E-state index in [1.165, 1.54) is 5.56 Å². The Labute approximate surface area is 85.4 Å². The van der Waals surface area contributed by atoms with Crippen LogP contribution in [0.4, 0.5) is 0 Å². The van der Waals surface area contributed by atoms with Crippen LogP contribution < -0.4 is 0 Å². The third-order valence-electron chi connectivity index (χ3n) is 2.56. The number of hydrogen-bond acceptors (Lipinski definition) is 1. The second-order valence-electron chi connectivity index (χ2n) is 3.57. The molecule has 0 bridgehead atoms. The van der Waals surface area contributed by atoms with Crippen molar-refractivity contribution in [1.82, 2.24) is 4.90 Å². The Bertz CT molecular complexity index is 326. The Morgan fingerprint density at radius 3 is 2.86 bits per heavy atom. The van der Waals surface area contributed by atoms with Crippen LogP contribution in [0.15, 0.2) is 55.1 Å². The van der Waals surface area contributed by atoms with E-state index in [0.717, 1.165) is 13.1 Å². The first-order valence-electron chi connectivity index (χ1n) is 4.97. The van der Waals surface area contributed by atoms with Crippen molar-refractivity contribution in [3.63, 3.8) is 0 Å². The van der Waals surface area contributed by atoms with Gasteiger partial charge in [-0.15, -0.1) is 6.58 Å². The average molecular weight is 185 g/mol. The van der Waals surface area contributed by atoms with Crippen molar-refractivity contribution in [2.45, 2.75) is 12.6 Å². The molecule has 72 valence electrons. The van der Waals surface area contributed by atoms with Crippen LogP contribution in [0.3, 0.4) is 0 Å². The van der Waals surface area contributed by atoms with E-state index >= 15 is 0 Å². The van der Waals surface area contributed by atoms with Gasteiger partial charge < -0.3 is 0 Å². The summed E-state index contributed by atoms with van der Waals surface area (Å²) in [5.41, 5.74) is 1.36. The highest BCUT2D eigenvalue weighted by Crippen LogP contribution is 2.14. The van der Waals surface area contributed by atoms with Gasteiger partial charge in [0.25, 0.3) is 0 Å². The zero-order valence-electron chi connectivity index (χ0n) is 8.26. The first-order chi connectivity index (χ1) is 6.90. The van der Waals surface area contributed by atoms with Crippen LogP contribution in [-0.4, -0.2) is 17.5 Å². The van der Waals surface area contributed by atoms with E-state index in [1.54, 1.807) is 0 Å². The molecule has 0 saturated carbocycles. The van der Waals surface area contributed by atoms with Gasteiger partial charge in [0.2, 0.25) is 0 Å². The summed E-state index contributed by atoms with van der Waals surface area (Å²) in [7, 11) is 0. The molecule has 0 N–H and O–H groups in total. The fraction of sp³-hybridized carbons (Fsp3) is 0.231. The van der Waals surface area contributed by atoms with Crippen molar-refractivity contribution in [2.75, 3.05) is 6.54 Å². The van der Waals surface area contributed by atoms with Crippen LogP contribution in [0.25, 0.3) is 0 Å². The van der Waals surface area contributed by atoms with E-state index in [4.69, 9.17) is 0 Å². The molecule has 0 fully saturated rings. The number of nitrogens with zero attached hydrogens (tertiary/aromatic N) is 1. The van der Waals surface area contributed by atoms with Crippen molar-refractivity contribution >= 4 is 0 Å². The molecule has 2 rings (SSSR count). The molecule has 1 aromatic rings. The Kier molecular flexibility index (Phi) is 2.80. The summed E-state index contributed by atoms with van der Waals surface area (Å²) in [4.78, 5) is 2.39. The number of hydrogen-bond donors (Lipinski definition) is 0. The molecule has 1 aliphatic heterocycles. The lowest BCUT2D eigenvalue weighted by molar-refractivity contribution is 0.298. The summed E-state index contributed by atoms with van der Waals surface area (Å²) in [6, 6.07) is 11.0. The van der Waals surface area contributed by atoms with Crippen LogP contribution in [0.2, 0.25) is 0 Å². The summed E-state index contributed by atoms with van der Waals surface area (Å²) >= 11 is 0. The second kappa shape index (κ2) is 4.25. The van der Waals surface area contributed by atoms with Crippen LogP contribution in [0, 0.1) is 0 Å². The van der Waals surface area contributed by atoms with E-state index < -0.39 is 0 Å². The molecule has 0 spiro atoms. The normalized spacial score (nSPS) is 21.3. The summed E-state index contributed by atoms with van der Waals surface area (Å²) in [5, 5.41) is 0. The van der Waals surface area contributed by atoms with Crippen molar-refractivity contribution in [3.05, 3.63) is 60.7 Å². The molecule has 14 heavy (non-hydrogen) atoms. The zero-order valence-corrected chi connectivity index (χ0v) is 8.26. The molecule has 0 amide bonds. The van der Waals surface area contributed by atoms with Gasteiger partial charge in [0.1, 0.15) is 0 Å². The predicted octanol–water partition coefficient (Wildman–Crippen LogP) is 2.61. The molecule has 0 aromatic heterocycles. The van der Waals surface area contributed by atoms with E-state index in [0.29, 0.717) is 6.04 Å². The molecule has 0 radical (unpaired) electrons. The Morgan fingerprint density at radius 2 is 2.14 bits per heavy atom. The van der Waals surface area contributed by atoms with Gasteiger partial charge in [-0.05, 0) is 5.56 Å². The van der Waals surface area contributed by atoms with Gasteiger partial charge in [-0.2, -0.15) is 0 Å². The van der Waals surface area contributed by atoms with Gasteiger partial charge in [-0.3, -0.25) is 4.90 Å². The smallest absolute Gasteiger partial charge is 0.0466 e. The van der Waals surface area contributed by atoms with Gasteiger partial charge in [0.15, 0.2) is 0 Å². The molecule has 1 heteroatoms. The molecule has 1 unspecified atom stereocenters. The highest BCUT2D eigenvalue weighted by Gasteiger charge is 2.15. The van der Waals surface area contributed by atoms with Crippen LogP contribution in [0.1, 0.15) is 5.56 Å². The summed E-state index contributed by atoms with van der Waals surface area (Å²) in [6.45, 7) is 5.88. The maximum absolute atomic E-state index is 3.84. The van der Waals surface area contributed by atoms with Crippen LogP contribution >= 0.6 is 0 Å². The highest BCUT2D eigenvalue weighted by molar-refractivity contribution is 5.18. The first-order valence-corrected chi connectivity index (χ1v) is 4.97. The Hall–Kier alpha value is -1.34. The number of benzene rings is 1. The van der Waals surface area contributed by atoms with Crippen molar-refractivity contribution < 1.29 is 0 Å². The van der Waals surface area contributed by atoms with E-state index in [2.05, 4.69) is 54.0 Å². The van der Waals surface area contributed by atoms with Crippen molar-refractivity contribution in [2.24, 2.45) is 0 Å². The zero-order chi connectivity index (χ0) is 9.80.